The Morgan fingerprint density at radius 1 is 1.15 bits per heavy atom. The Hall–Kier alpha value is -3.62. The number of hydrogen-bond acceptors (Lipinski definition) is 6. The van der Waals surface area contributed by atoms with E-state index in [0.717, 1.165) is 0 Å². The van der Waals surface area contributed by atoms with Gasteiger partial charge in [0.2, 0.25) is 12.5 Å². The van der Waals surface area contributed by atoms with Crippen LogP contribution in [0.25, 0.3) is 0 Å². The van der Waals surface area contributed by atoms with E-state index >= 15 is 0 Å². The molecule has 0 aromatic heterocycles. The largest absolute Gasteiger partial charge is 0.300 e. The van der Waals surface area contributed by atoms with E-state index in [4.69, 9.17) is 0 Å². The number of carbonyl (C=O) groups is 2. The lowest BCUT2D eigenvalue weighted by Crippen LogP contribution is -2.45. The Morgan fingerprint density at radius 2 is 1.85 bits per heavy atom. The van der Waals surface area contributed by atoms with Crippen LogP contribution in [0.5, 0.6) is 0 Å². The maximum atomic E-state index is 13.0. The summed E-state index contributed by atoms with van der Waals surface area (Å²) in [6.45, 7) is 0.633. The van der Waals surface area contributed by atoms with Gasteiger partial charge in [-0.15, -0.1) is 0 Å². The fourth-order valence-electron chi connectivity index (χ4n) is 3.46. The fourth-order valence-corrected chi connectivity index (χ4v) is 3.46. The lowest BCUT2D eigenvalue weighted by Gasteiger charge is -2.28. The SMILES string of the molecule is CC(=O)N1c2ccccc2C(=O)[C@@H]1[C@H](C[N+](=O)[O-])c1cccc([N+](=O)[O-])c1. The van der Waals surface area contributed by atoms with Crippen molar-refractivity contribution in [3.05, 3.63) is 79.9 Å². The third-order valence-electron chi connectivity index (χ3n) is 4.55. The lowest BCUT2D eigenvalue weighted by molar-refractivity contribution is -0.483. The molecule has 0 unspecified atom stereocenters. The molecule has 2 aromatic rings. The predicted octanol–water partition coefficient (Wildman–Crippen LogP) is 2.57. The van der Waals surface area contributed by atoms with Gasteiger partial charge in [-0.25, -0.2) is 0 Å². The number of amides is 1. The number of nitro groups is 2. The average Bonchev–Trinajstić information content (AvgIpc) is 2.92. The minimum Gasteiger partial charge on any atom is -0.300 e. The number of benzene rings is 2. The van der Waals surface area contributed by atoms with Gasteiger partial charge in [0.1, 0.15) is 6.04 Å². The van der Waals surface area contributed by atoms with E-state index < -0.39 is 40.0 Å². The van der Waals surface area contributed by atoms with Crippen molar-refractivity contribution < 1.29 is 19.4 Å². The normalized spacial score (nSPS) is 16.7. The van der Waals surface area contributed by atoms with E-state index in [9.17, 15) is 29.8 Å². The zero-order valence-electron chi connectivity index (χ0n) is 14.3. The number of para-hydroxylation sites is 1. The minimum absolute atomic E-state index is 0.238. The Balaban J connectivity index is 2.14. The highest BCUT2D eigenvalue weighted by Crippen LogP contribution is 2.39. The number of rotatable bonds is 5. The molecule has 27 heavy (non-hydrogen) atoms. The highest BCUT2D eigenvalue weighted by atomic mass is 16.6. The Morgan fingerprint density at radius 3 is 2.48 bits per heavy atom. The molecule has 2 aromatic carbocycles. The Labute approximate surface area is 153 Å². The zero-order chi connectivity index (χ0) is 19.7. The number of hydrogen-bond donors (Lipinski definition) is 0. The molecular weight excluding hydrogens is 354 g/mol. The summed E-state index contributed by atoms with van der Waals surface area (Å²) in [6.07, 6.45) is 0. The van der Waals surface area contributed by atoms with E-state index in [2.05, 4.69) is 0 Å². The topological polar surface area (TPSA) is 124 Å². The molecule has 0 saturated heterocycles. The summed E-state index contributed by atoms with van der Waals surface area (Å²) in [7, 11) is 0. The van der Waals surface area contributed by atoms with E-state index in [0.29, 0.717) is 11.3 Å². The molecule has 1 aliphatic rings. The van der Waals surface area contributed by atoms with E-state index in [1.54, 1.807) is 24.3 Å². The van der Waals surface area contributed by atoms with Gasteiger partial charge in [0, 0.05) is 29.5 Å². The van der Waals surface area contributed by atoms with E-state index in [-0.39, 0.29) is 11.3 Å². The average molecular weight is 369 g/mol. The van der Waals surface area contributed by atoms with Crippen molar-refractivity contribution in [2.45, 2.75) is 18.9 Å². The van der Waals surface area contributed by atoms with Crippen LogP contribution in [0.15, 0.2) is 48.5 Å². The van der Waals surface area contributed by atoms with Crippen molar-refractivity contribution in [3.63, 3.8) is 0 Å². The first-order valence-corrected chi connectivity index (χ1v) is 8.10. The van der Waals surface area contributed by atoms with Gasteiger partial charge in [-0.1, -0.05) is 24.3 Å². The number of carbonyl (C=O) groups excluding carboxylic acids is 2. The van der Waals surface area contributed by atoms with E-state index in [1.807, 2.05) is 0 Å². The van der Waals surface area contributed by atoms with Crippen LogP contribution >= 0.6 is 0 Å². The lowest BCUT2D eigenvalue weighted by atomic mass is 9.88. The van der Waals surface area contributed by atoms with Crippen LogP contribution in [-0.2, 0) is 4.79 Å². The molecule has 138 valence electrons. The number of ketones is 1. The standard InChI is InChI=1S/C18H15N3O6/c1-11(22)20-16-8-3-2-7-14(16)18(23)17(20)15(10-19(24)25)12-5-4-6-13(9-12)21(26)27/h2-9,15,17H,10H2,1H3/t15-,17+/m1/s1. The molecule has 0 saturated carbocycles. The van der Waals surface area contributed by atoms with Gasteiger partial charge >= 0.3 is 0 Å². The van der Waals surface area contributed by atoms with E-state index in [1.165, 1.54) is 36.1 Å². The predicted molar refractivity (Wildman–Crippen MR) is 95.4 cm³/mol. The third-order valence-corrected chi connectivity index (χ3v) is 4.55. The van der Waals surface area contributed by atoms with Gasteiger partial charge in [-0.3, -0.25) is 29.8 Å². The molecule has 1 aliphatic heterocycles. The molecule has 0 spiro atoms. The molecule has 3 rings (SSSR count). The number of Topliss-reactive ketones (excluding diaryl/α,β-unsaturated/α-hetero) is 1. The van der Waals surface area contributed by atoms with Crippen LogP contribution in [0.1, 0.15) is 28.8 Å². The van der Waals surface area contributed by atoms with Crippen molar-refractivity contribution >= 4 is 23.1 Å². The van der Waals surface area contributed by atoms with Crippen molar-refractivity contribution in [2.24, 2.45) is 0 Å². The quantitative estimate of drug-likeness (QED) is 0.589. The van der Waals surface area contributed by atoms with Crippen LogP contribution in [0.3, 0.4) is 0 Å². The molecule has 9 nitrogen and oxygen atoms in total. The third kappa shape index (κ3) is 3.26. The second kappa shape index (κ2) is 6.94. The second-order valence-corrected chi connectivity index (χ2v) is 6.19. The molecule has 0 aliphatic carbocycles. The summed E-state index contributed by atoms with van der Waals surface area (Å²) in [5, 5.41) is 22.3. The molecule has 0 N–H and O–H groups in total. The van der Waals surface area contributed by atoms with Crippen molar-refractivity contribution in [1.82, 2.24) is 0 Å². The van der Waals surface area contributed by atoms with Crippen LogP contribution < -0.4 is 4.90 Å². The summed E-state index contributed by atoms with van der Waals surface area (Å²) in [6, 6.07) is 10.7. The van der Waals surface area contributed by atoms with Crippen molar-refractivity contribution in [1.29, 1.82) is 0 Å². The number of fused-ring (bicyclic) bond motifs is 1. The summed E-state index contributed by atoms with van der Waals surface area (Å²) in [5.74, 6) is -1.88. The van der Waals surface area contributed by atoms with Crippen molar-refractivity contribution in [3.8, 4) is 0 Å². The second-order valence-electron chi connectivity index (χ2n) is 6.19. The molecule has 2 atom stereocenters. The highest BCUT2D eigenvalue weighted by molar-refractivity contribution is 6.17. The minimum atomic E-state index is -1.13. The van der Waals surface area contributed by atoms with Crippen molar-refractivity contribution in [2.75, 3.05) is 11.4 Å². The monoisotopic (exact) mass is 369 g/mol. The Kier molecular flexibility index (Phi) is 4.68. The van der Waals surface area contributed by atoms with Crippen LogP contribution in [-0.4, -0.2) is 34.1 Å². The molecule has 0 radical (unpaired) electrons. The maximum Gasteiger partial charge on any atom is 0.269 e. The molecule has 1 amide bonds. The van der Waals surface area contributed by atoms with Gasteiger partial charge in [0.15, 0.2) is 5.78 Å². The highest BCUT2D eigenvalue weighted by Gasteiger charge is 2.46. The van der Waals surface area contributed by atoms with Crippen LogP contribution in [0.4, 0.5) is 11.4 Å². The molecule has 0 bridgehead atoms. The van der Waals surface area contributed by atoms with Gasteiger partial charge < -0.3 is 4.90 Å². The first kappa shape index (κ1) is 18.2. The van der Waals surface area contributed by atoms with Gasteiger partial charge in [-0.05, 0) is 17.7 Å². The summed E-state index contributed by atoms with van der Waals surface area (Å²) < 4.78 is 0. The molecule has 1 heterocycles. The van der Waals surface area contributed by atoms with Crippen LogP contribution in [0.2, 0.25) is 0 Å². The number of non-ortho nitro benzene ring substituents is 1. The van der Waals surface area contributed by atoms with Gasteiger partial charge in [-0.2, -0.15) is 0 Å². The maximum absolute atomic E-state index is 13.0. The molecular formula is C18H15N3O6. The summed E-state index contributed by atoms with van der Waals surface area (Å²) >= 11 is 0. The molecule has 9 heteroatoms. The van der Waals surface area contributed by atoms with Gasteiger partial charge in [0.05, 0.1) is 16.5 Å². The fraction of sp³-hybridized carbons (Fsp3) is 0.222. The first-order valence-electron chi connectivity index (χ1n) is 8.10. The molecule has 0 fully saturated rings. The smallest absolute Gasteiger partial charge is 0.269 e. The first-order chi connectivity index (χ1) is 12.8. The van der Waals surface area contributed by atoms with Crippen LogP contribution in [0, 0.1) is 20.2 Å². The summed E-state index contributed by atoms with van der Waals surface area (Å²) in [5.41, 5.74) is 0.715. The summed E-state index contributed by atoms with van der Waals surface area (Å²) in [4.78, 5) is 47.6. The number of anilines is 1. The zero-order valence-corrected chi connectivity index (χ0v) is 14.3. The Bertz CT molecular complexity index is 958. The van der Waals surface area contributed by atoms with Gasteiger partial charge in [0.25, 0.3) is 5.69 Å². The number of nitro benzene ring substituents is 1. The number of nitrogens with zero attached hydrogens (tertiary/aromatic N) is 3.